The lowest BCUT2D eigenvalue weighted by Gasteiger charge is -2.21. The van der Waals surface area contributed by atoms with Crippen molar-refractivity contribution in [3.63, 3.8) is 0 Å². The summed E-state index contributed by atoms with van der Waals surface area (Å²) in [5.41, 5.74) is 3.58. The van der Waals surface area contributed by atoms with Gasteiger partial charge < -0.3 is 4.74 Å². The summed E-state index contributed by atoms with van der Waals surface area (Å²) >= 11 is 0. The van der Waals surface area contributed by atoms with Gasteiger partial charge in [0, 0.05) is 0 Å². The molecule has 2 nitrogen and oxygen atoms in total. The molecule has 0 N–H and O–H groups in total. The predicted molar refractivity (Wildman–Crippen MR) is 46.7 cm³/mol. The first-order valence-corrected chi connectivity index (χ1v) is 4.39. The maximum absolute atomic E-state index is 11.2. The van der Waals surface area contributed by atoms with E-state index in [4.69, 9.17) is 4.74 Å². The molecule has 0 aromatic heterocycles. The molecule has 66 valence electrons. The molecule has 1 atom stereocenters. The molecule has 0 spiro atoms. The van der Waals surface area contributed by atoms with Crippen LogP contribution in [0.5, 0.6) is 0 Å². The van der Waals surface area contributed by atoms with Gasteiger partial charge in [0.25, 0.3) is 0 Å². The number of hydrogen-bond acceptors (Lipinski definition) is 2. The molecule has 0 aromatic rings. The monoisotopic (exact) mass is 166 g/mol. The van der Waals surface area contributed by atoms with Gasteiger partial charge in [-0.25, -0.2) is 4.79 Å². The third-order valence-electron chi connectivity index (χ3n) is 2.01. The highest BCUT2D eigenvalue weighted by atomic mass is 16.5. The molecule has 0 amide bonds. The SMILES string of the molecule is CC=C=C1CCC(CC)OC1=O. The lowest BCUT2D eigenvalue weighted by molar-refractivity contribution is -0.147. The number of carbonyl (C=O) groups is 1. The van der Waals surface area contributed by atoms with Crippen LogP contribution in [0.2, 0.25) is 0 Å². The molecule has 1 rings (SSSR count). The molecular formula is C10H14O2. The third-order valence-corrected chi connectivity index (χ3v) is 2.01. The van der Waals surface area contributed by atoms with Crippen LogP contribution in [0, 0.1) is 0 Å². The molecule has 1 heterocycles. The zero-order chi connectivity index (χ0) is 8.97. The number of ether oxygens (including phenoxy) is 1. The van der Waals surface area contributed by atoms with Crippen molar-refractivity contribution in [2.24, 2.45) is 0 Å². The molecule has 1 saturated heterocycles. The van der Waals surface area contributed by atoms with Crippen molar-refractivity contribution >= 4 is 5.97 Å². The van der Waals surface area contributed by atoms with E-state index >= 15 is 0 Å². The van der Waals surface area contributed by atoms with E-state index in [1.165, 1.54) is 0 Å². The van der Waals surface area contributed by atoms with Gasteiger partial charge >= 0.3 is 5.97 Å². The molecule has 0 radical (unpaired) electrons. The smallest absolute Gasteiger partial charge is 0.342 e. The van der Waals surface area contributed by atoms with Crippen LogP contribution in [-0.2, 0) is 9.53 Å². The summed E-state index contributed by atoms with van der Waals surface area (Å²) in [5, 5.41) is 0. The van der Waals surface area contributed by atoms with Gasteiger partial charge in [-0.1, -0.05) is 6.92 Å². The average Bonchev–Trinajstić information content (AvgIpc) is 2.09. The summed E-state index contributed by atoms with van der Waals surface area (Å²) in [7, 11) is 0. The minimum Gasteiger partial charge on any atom is -0.459 e. The molecule has 1 aliphatic rings. The summed E-state index contributed by atoms with van der Waals surface area (Å²) in [6, 6.07) is 0. The van der Waals surface area contributed by atoms with Crippen molar-refractivity contribution in [2.45, 2.75) is 39.2 Å². The van der Waals surface area contributed by atoms with Gasteiger partial charge in [0.15, 0.2) is 0 Å². The first-order valence-electron chi connectivity index (χ1n) is 4.39. The fraction of sp³-hybridized carbons (Fsp3) is 0.600. The Labute approximate surface area is 72.9 Å². The number of carbonyl (C=O) groups excluding carboxylic acids is 1. The zero-order valence-corrected chi connectivity index (χ0v) is 7.59. The topological polar surface area (TPSA) is 26.3 Å². The van der Waals surface area contributed by atoms with Crippen molar-refractivity contribution in [2.75, 3.05) is 0 Å². The van der Waals surface area contributed by atoms with Crippen molar-refractivity contribution < 1.29 is 9.53 Å². The maximum atomic E-state index is 11.2. The number of esters is 1. The summed E-state index contributed by atoms with van der Waals surface area (Å²) in [6.07, 6.45) is 4.54. The van der Waals surface area contributed by atoms with Crippen molar-refractivity contribution in [3.05, 3.63) is 17.4 Å². The molecule has 12 heavy (non-hydrogen) atoms. The number of hydrogen-bond donors (Lipinski definition) is 0. The second-order valence-corrected chi connectivity index (χ2v) is 2.89. The van der Waals surface area contributed by atoms with E-state index in [1.807, 2.05) is 13.8 Å². The normalized spacial score (nSPS) is 23.0. The van der Waals surface area contributed by atoms with Crippen molar-refractivity contribution in [3.8, 4) is 0 Å². The first-order chi connectivity index (χ1) is 5.77. The number of cyclic esters (lactones) is 1. The first kappa shape index (κ1) is 9.08. The summed E-state index contributed by atoms with van der Waals surface area (Å²) in [4.78, 5) is 11.2. The predicted octanol–water partition coefficient (Wildman–Crippen LogP) is 2.20. The van der Waals surface area contributed by atoms with Gasteiger partial charge in [-0.15, -0.1) is 5.73 Å². The Morgan fingerprint density at radius 1 is 1.75 bits per heavy atom. The van der Waals surface area contributed by atoms with Crippen molar-refractivity contribution in [1.29, 1.82) is 0 Å². The largest absolute Gasteiger partial charge is 0.459 e. The van der Waals surface area contributed by atoms with E-state index in [9.17, 15) is 4.79 Å². The molecular weight excluding hydrogens is 152 g/mol. The fourth-order valence-electron chi connectivity index (χ4n) is 1.28. The van der Waals surface area contributed by atoms with E-state index in [-0.39, 0.29) is 12.1 Å². The van der Waals surface area contributed by atoms with E-state index in [1.54, 1.807) is 6.08 Å². The molecule has 0 aliphatic carbocycles. The van der Waals surface area contributed by atoms with Crippen LogP contribution in [0.15, 0.2) is 17.4 Å². The van der Waals surface area contributed by atoms with Crippen LogP contribution in [0.3, 0.4) is 0 Å². The van der Waals surface area contributed by atoms with Gasteiger partial charge in [-0.05, 0) is 32.3 Å². The van der Waals surface area contributed by atoms with Crippen LogP contribution in [0.4, 0.5) is 0 Å². The van der Waals surface area contributed by atoms with Crippen LogP contribution < -0.4 is 0 Å². The van der Waals surface area contributed by atoms with Gasteiger partial charge in [0.2, 0.25) is 0 Å². The maximum Gasteiger partial charge on any atom is 0.342 e. The Morgan fingerprint density at radius 2 is 2.50 bits per heavy atom. The van der Waals surface area contributed by atoms with Crippen molar-refractivity contribution in [1.82, 2.24) is 0 Å². The molecule has 0 aromatic carbocycles. The van der Waals surface area contributed by atoms with Gasteiger partial charge in [0.05, 0.1) is 5.57 Å². The van der Waals surface area contributed by atoms with Crippen LogP contribution in [-0.4, -0.2) is 12.1 Å². The molecule has 1 fully saturated rings. The third kappa shape index (κ3) is 1.99. The molecule has 2 heteroatoms. The van der Waals surface area contributed by atoms with E-state index in [0.29, 0.717) is 5.57 Å². The Hall–Kier alpha value is -1.01. The summed E-state index contributed by atoms with van der Waals surface area (Å²) in [6.45, 7) is 3.88. The highest BCUT2D eigenvalue weighted by Gasteiger charge is 2.22. The second-order valence-electron chi connectivity index (χ2n) is 2.89. The van der Waals surface area contributed by atoms with Crippen LogP contribution >= 0.6 is 0 Å². The fourth-order valence-corrected chi connectivity index (χ4v) is 1.28. The Kier molecular flexibility index (Phi) is 3.12. The average molecular weight is 166 g/mol. The highest BCUT2D eigenvalue weighted by molar-refractivity contribution is 5.88. The van der Waals surface area contributed by atoms with Crippen LogP contribution in [0.1, 0.15) is 33.1 Å². The second kappa shape index (κ2) is 4.13. The van der Waals surface area contributed by atoms with E-state index in [2.05, 4.69) is 5.73 Å². The zero-order valence-electron chi connectivity index (χ0n) is 7.59. The molecule has 1 unspecified atom stereocenters. The van der Waals surface area contributed by atoms with Gasteiger partial charge in [0.1, 0.15) is 6.10 Å². The Balaban J connectivity index is 2.66. The van der Waals surface area contributed by atoms with E-state index < -0.39 is 0 Å². The van der Waals surface area contributed by atoms with Crippen LogP contribution in [0.25, 0.3) is 0 Å². The standard InChI is InChI=1S/C10H14O2/c1-3-5-8-6-7-9(4-2)12-10(8)11/h3,9H,4,6-7H2,1-2H3. The minimum absolute atomic E-state index is 0.125. The highest BCUT2D eigenvalue weighted by Crippen LogP contribution is 2.20. The minimum atomic E-state index is -0.189. The molecule has 0 saturated carbocycles. The Morgan fingerprint density at radius 3 is 3.00 bits per heavy atom. The van der Waals surface area contributed by atoms with Gasteiger partial charge in [-0.2, -0.15) is 0 Å². The summed E-state index contributed by atoms with van der Waals surface area (Å²) < 4.78 is 5.14. The Bertz CT molecular complexity index is 234. The summed E-state index contributed by atoms with van der Waals surface area (Å²) in [5.74, 6) is -0.189. The lowest BCUT2D eigenvalue weighted by atomic mass is 10.0. The lowest BCUT2D eigenvalue weighted by Crippen LogP contribution is -2.24. The number of rotatable bonds is 1. The molecule has 1 aliphatic heterocycles. The van der Waals surface area contributed by atoms with Gasteiger partial charge in [-0.3, -0.25) is 0 Å². The molecule has 0 bridgehead atoms. The quantitative estimate of drug-likeness (QED) is 0.339. The van der Waals surface area contributed by atoms with E-state index in [0.717, 1.165) is 19.3 Å².